The number of carbonyl (C=O) groups excluding carboxylic acids is 3. The Morgan fingerprint density at radius 3 is 2.38 bits per heavy atom. The molecule has 1 saturated carbocycles. The lowest BCUT2D eigenvalue weighted by molar-refractivity contribution is -0.135. The lowest BCUT2D eigenvalue weighted by atomic mass is 9.85. The van der Waals surface area contributed by atoms with E-state index >= 15 is 0 Å². The third-order valence-electron chi connectivity index (χ3n) is 5.84. The van der Waals surface area contributed by atoms with Crippen LogP contribution in [0.15, 0.2) is 48.5 Å². The number of amides is 4. The molecule has 0 unspecified atom stereocenters. The van der Waals surface area contributed by atoms with Crippen molar-refractivity contribution in [1.29, 1.82) is 0 Å². The fourth-order valence-corrected chi connectivity index (χ4v) is 4.98. The minimum absolute atomic E-state index is 0.108. The molecule has 3 atom stereocenters. The number of fused-ring (bicyclic) bond motifs is 1. The van der Waals surface area contributed by atoms with Crippen LogP contribution in [0, 0.1) is 0 Å². The van der Waals surface area contributed by atoms with E-state index in [9.17, 15) is 14.4 Å². The first-order valence-electron chi connectivity index (χ1n) is 10.6. The van der Waals surface area contributed by atoms with E-state index in [2.05, 4.69) is 16.0 Å². The summed E-state index contributed by atoms with van der Waals surface area (Å²) < 4.78 is 0. The van der Waals surface area contributed by atoms with Crippen molar-refractivity contribution in [2.75, 3.05) is 10.6 Å². The molecule has 9 heteroatoms. The molecule has 0 spiro atoms. The van der Waals surface area contributed by atoms with Gasteiger partial charge in [-0.15, -0.1) is 0 Å². The maximum atomic E-state index is 13.3. The van der Waals surface area contributed by atoms with Crippen molar-refractivity contribution in [3.05, 3.63) is 58.6 Å². The number of carbonyl (C=O) groups is 3. The zero-order valence-corrected chi connectivity index (χ0v) is 18.8. The molecule has 2 aliphatic rings. The van der Waals surface area contributed by atoms with E-state index < -0.39 is 11.9 Å². The average molecular weight is 475 g/mol. The van der Waals surface area contributed by atoms with E-state index in [0.717, 1.165) is 25.7 Å². The van der Waals surface area contributed by atoms with Crippen LogP contribution in [0.1, 0.15) is 32.1 Å². The van der Waals surface area contributed by atoms with Crippen molar-refractivity contribution < 1.29 is 14.4 Å². The maximum absolute atomic E-state index is 13.3. The highest BCUT2D eigenvalue weighted by Gasteiger charge is 2.46. The molecule has 0 aromatic heterocycles. The third-order valence-corrected chi connectivity index (χ3v) is 6.27. The number of hydrogen-bond acceptors (Lipinski definition) is 3. The van der Waals surface area contributed by atoms with Gasteiger partial charge in [-0.3, -0.25) is 9.59 Å². The Hall–Kier alpha value is -2.77. The van der Waals surface area contributed by atoms with Gasteiger partial charge >= 0.3 is 6.03 Å². The molecule has 1 aliphatic heterocycles. The van der Waals surface area contributed by atoms with E-state index in [1.165, 1.54) is 0 Å². The SMILES string of the molecule is O=C(C[C@H]1C(=O)N[C@@H]2CCCC[C@H]2N1C(=O)Nc1ccccc1)Nc1cc(Cl)cc(Cl)c1. The number of halogens is 2. The topological polar surface area (TPSA) is 90.5 Å². The summed E-state index contributed by atoms with van der Waals surface area (Å²) in [5, 5.41) is 9.39. The minimum atomic E-state index is -0.923. The zero-order chi connectivity index (χ0) is 22.7. The maximum Gasteiger partial charge on any atom is 0.322 e. The smallest absolute Gasteiger partial charge is 0.322 e. The molecule has 1 heterocycles. The number of urea groups is 1. The highest BCUT2D eigenvalue weighted by Crippen LogP contribution is 2.30. The number of para-hydroxylation sites is 1. The van der Waals surface area contributed by atoms with Crippen LogP contribution in [-0.2, 0) is 9.59 Å². The molecule has 32 heavy (non-hydrogen) atoms. The monoisotopic (exact) mass is 474 g/mol. The quantitative estimate of drug-likeness (QED) is 0.601. The molecule has 3 N–H and O–H groups in total. The first-order chi connectivity index (χ1) is 15.4. The molecule has 1 aliphatic carbocycles. The van der Waals surface area contributed by atoms with E-state index in [1.807, 2.05) is 18.2 Å². The summed E-state index contributed by atoms with van der Waals surface area (Å²) in [5.41, 5.74) is 1.06. The van der Waals surface area contributed by atoms with Gasteiger partial charge in [-0.25, -0.2) is 4.79 Å². The standard InChI is InChI=1S/C23H24Cl2N4O3/c24-14-10-15(25)12-17(11-14)26-21(30)13-20-22(31)28-18-8-4-5-9-19(18)29(20)23(32)27-16-6-2-1-3-7-16/h1-3,6-7,10-12,18-20H,4-5,8-9,13H2,(H,26,30)(H,27,32)(H,28,31)/t18-,19-,20+/m1/s1. The van der Waals surface area contributed by atoms with Crippen molar-refractivity contribution in [2.24, 2.45) is 0 Å². The van der Waals surface area contributed by atoms with Gasteiger partial charge in [-0.1, -0.05) is 54.2 Å². The van der Waals surface area contributed by atoms with Crippen molar-refractivity contribution in [3.8, 4) is 0 Å². The third kappa shape index (κ3) is 5.16. The van der Waals surface area contributed by atoms with Gasteiger partial charge in [0.2, 0.25) is 11.8 Å². The highest BCUT2D eigenvalue weighted by molar-refractivity contribution is 6.35. The molecular weight excluding hydrogens is 451 g/mol. The Morgan fingerprint density at radius 2 is 1.66 bits per heavy atom. The Morgan fingerprint density at radius 1 is 0.969 bits per heavy atom. The lowest BCUT2D eigenvalue weighted by Crippen LogP contribution is -2.68. The zero-order valence-electron chi connectivity index (χ0n) is 17.3. The minimum Gasteiger partial charge on any atom is -0.349 e. The second-order valence-electron chi connectivity index (χ2n) is 8.10. The van der Waals surface area contributed by atoms with Crippen molar-refractivity contribution >= 4 is 52.4 Å². The number of rotatable bonds is 4. The van der Waals surface area contributed by atoms with Crippen LogP contribution in [0.5, 0.6) is 0 Å². The summed E-state index contributed by atoms with van der Waals surface area (Å²) in [5.74, 6) is -0.731. The normalized spacial score (nSPS) is 22.5. The molecule has 2 fully saturated rings. The van der Waals surface area contributed by atoms with Crippen LogP contribution < -0.4 is 16.0 Å². The summed E-state index contributed by atoms with van der Waals surface area (Å²) in [4.78, 5) is 40.6. The first-order valence-corrected chi connectivity index (χ1v) is 11.4. The van der Waals surface area contributed by atoms with Crippen LogP contribution in [0.3, 0.4) is 0 Å². The molecule has 0 radical (unpaired) electrons. The summed E-state index contributed by atoms with van der Waals surface area (Å²) in [6, 6.07) is 12.2. The largest absolute Gasteiger partial charge is 0.349 e. The van der Waals surface area contributed by atoms with E-state index in [4.69, 9.17) is 23.2 Å². The Labute approximate surface area is 196 Å². The predicted octanol–water partition coefficient (Wildman–Crippen LogP) is 4.67. The van der Waals surface area contributed by atoms with Crippen molar-refractivity contribution in [3.63, 3.8) is 0 Å². The number of hydrogen-bond donors (Lipinski definition) is 3. The van der Waals surface area contributed by atoms with Gasteiger partial charge in [0.15, 0.2) is 0 Å². The summed E-state index contributed by atoms with van der Waals surface area (Å²) in [7, 11) is 0. The predicted molar refractivity (Wildman–Crippen MR) is 125 cm³/mol. The van der Waals surface area contributed by atoms with E-state index in [1.54, 1.807) is 35.2 Å². The fraction of sp³-hybridized carbons (Fsp3) is 0.348. The number of benzene rings is 2. The Bertz CT molecular complexity index is 997. The molecule has 4 rings (SSSR count). The number of piperazine rings is 1. The molecule has 7 nitrogen and oxygen atoms in total. The van der Waals surface area contributed by atoms with Crippen LogP contribution in [-0.4, -0.2) is 40.9 Å². The Kier molecular flexibility index (Phi) is 6.86. The van der Waals surface area contributed by atoms with Gasteiger partial charge in [-0.2, -0.15) is 0 Å². The molecule has 2 aromatic rings. The van der Waals surface area contributed by atoms with Crippen LogP contribution in [0.4, 0.5) is 16.2 Å². The highest BCUT2D eigenvalue weighted by atomic mass is 35.5. The molecular formula is C23H24Cl2N4O3. The van der Waals surface area contributed by atoms with Gasteiger partial charge < -0.3 is 20.9 Å². The Balaban J connectivity index is 1.54. The van der Waals surface area contributed by atoms with Crippen molar-refractivity contribution in [2.45, 2.75) is 50.2 Å². The van der Waals surface area contributed by atoms with E-state index in [0.29, 0.717) is 21.4 Å². The van der Waals surface area contributed by atoms with E-state index in [-0.39, 0.29) is 30.4 Å². The van der Waals surface area contributed by atoms with Gasteiger partial charge in [0.05, 0.1) is 12.5 Å². The van der Waals surface area contributed by atoms with Crippen molar-refractivity contribution in [1.82, 2.24) is 10.2 Å². The molecule has 4 amide bonds. The number of nitrogens with zero attached hydrogens (tertiary/aromatic N) is 1. The number of anilines is 2. The first kappa shape index (κ1) is 22.4. The molecule has 1 saturated heterocycles. The number of nitrogens with one attached hydrogen (secondary N) is 3. The van der Waals surface area contributed by atoms with Gasteiger partial charge in [0, 0.05) is 27.5 Å². The van der Waals surface area contributed by atoms with Gasteiger partial charge in [0.1, 0.15) is 6.04 Å². The summed E-state index contributed by atoms with van der Waals surface area (Å²) in [6.07, 6.45) is 3.37. The molecule has 168 valence electrons. The second-order valence-corrected chi connectivity index (χ2v) is 8.97. The molecule has 2 aromatic carbocycles. The second kappa shape index (κ2) is 9.79. The van der Waals surface area contributed by atoms with Gasteiger partial charge in [0.25, 0.3) is 0 Å². The summed E-state index contributed by atoms with van der Waals surface area (Å²) >= 11 is 12.0. The molecule has 0 bridgehead atoms. The van der Waals surface area contributed by atoms with Crippen LogP contribution >= 0.6 is 23.2 Å². The van der Waals surface area contributed by atoms with Gasteiger partial charge in [-0.05, 0) is 43.2 Å². The average Bonchev–Trinajstić information content (AvgIpc) is 2.74. The van der Waals surface area contributed by atoms with Crippen LogP contribution in [0.25, 0.3) is 0 Å². The summed E-state index contributed by atoms with van der Waals surface area (Å²) in [6.45, 7) is 0. The fourth-order valence-electron chi connectivity index (χ4n) is 4.46. The van der Waals surface area contributed by atoms with Crippen LogP contribution in [0.2, 0.25) is 10.0 Å². The lowest BCUT2D eigenvalue weighted by Gasteiger charge is -2.47.